The van der Waals surface area contributed by atoms with Crippen LogP contribution in [0.5, 0.6) is 0 Å². The van der Waals surface area contributed by atoms with Crippen molar-refractivity contribution in [2.45, 2.75) is 37.1 Å². The topological polar surface area (TPSA) is 38.7 Å². The molecule has 1 aliphatic rings. The Morgan fingerprint density at radius 2 is 2.46 bits per heavy atom. The minimum Gasteiger partial charge on any atom is -0.478 e. The number of hydrogen-bond acceptors (Lipinski definition) is 3. The highest BCUT2D eigenvalue weighted by Gasteiger charge is 2.29. The number of aliphatic imine (C=N–C) groups is 1. The van der Waals surface area contributed by atoms with Gasteiger partial charge in [-0.05, 0) is 20.3 Å². The SMILES string of the molecule is CC1(C)COC(C(Br)CCC=O)=N1. The zero-order chi connectivity index (χ0) is 9.90. The van der Waals surface area contributed by atoms with Crippen LogP contribution in [-0.4, -0.2) is 29.2 Å². The number of ether oxygens (including phenoxy) is 1. The van der Waals surface area contributed by atoms with E-state index in [0.29, 0.717) is 13.0 Å². The van der Waals surface area contributed by atoms with Crippen LogP contribution in [0.15, 0.2) is 4.99 Å². The van der Waals surface area contributed by atoms with Gasteiger partial charge < -0.3 is 9.53 Å². The van der Waals surface area contributed by atoms with Gasteiger partial charge in [0.15, 0.2) is 5.90 Å². The summed E-state index contributed by atoms with van der Waals surface area (Å²) in [6.45, 7) is 4.68. The predicted octanol–water partition coefficient (Wildman–Crippen LogP) is 1.94. The molecule has 0 spiro atoms. The van der Waals surface area contributed by atoms with Crippen LogP contribution in [-0.2, 0) is 9.53 Å². The first-order chi connectivity index (χ1) is 6.05. The summed E-state index contributed by atoms with van der Waals surface area (Å²) in [5.74, 6) is 0.729. The minimum atomic E-state index is -0.109. The highest BCUT2D eigenvalue weighted by Crippen LogP contribution is 2.22. The molecule has 3 nitrogen and oxygen atoms in total. The summed E-state index contributed by atoms with van der Waals surface area (Å²) in [7, 11) is 0. The maximum atomic E-state index is 10.2. The van der Waals surface area contributed by atoms with Crippen LogP contribution in [0.4, 0.5) is 0 Å². The summed E-state index contributed by atoms with van der Waals surface area (Å²) < 4.78 is 5.41. The molecule has 0 N–H and O–H groups in total. The average Bonchev–Trinajstić information content (AvgIpc) is 2.42. The number of carbonyl (C=O) groups is 1. The highest BCUT2D eigenvalue weighted by molar-refractivity contribution is 9.10. The van der Waals surface area contributed by atoms with Gasteiger partial charge in [0.2, 0.25) is 0 Å². The molecule has 0 amide bonds. The van der Waals surface area contributed by atoms with Gasteiger partial charge >= 0.3 is 0 Å². The average molecular weight is 248 g/mol. The monoisotopic (exact) mass is 247 g/mol. The third-order valence-corrected chi connectivity index (χ3v) is 2.64. The zero-order valence-electron chi connectivity index (χ0n) is 7.92. The van der Waals surface area contributed by atoms with Crippen molar-refractivity contribution >= 4 is 28.1 Å². The van der Waals surface area contributed by atoms with Gasteiger partial charge in [0.1, 0.15) is 12.9 Å². The van der Waals surface area contributed by atoms with Gasteiger partial charge in [-0.15, -0.1) is 0 Å². The van der Waals surface area contributed by atoms with Gasteiger partial charge in [-0.25, -0.2) is 4.99 Å². The van der Waals surface area contributed by atoms with Crippen molar-refractivity contribution in [1.82, 2.24) is 0 Å². The molecular formula is C9H14BrNO2. The second kappa shape index (κ2) is 4.22. The number of carbonyl (C=O) groups excluding carboxylic acids is 1. The number of hydrogen-bond donors (Lipinski definition) is 0. The third-order valence-electron chi connectivity index (χ3n) is 1.79. The molecule has 0 saturated carbocycles. The Bertz CT molecular complexity index is 226. The molecule has 1 heterocycles. The third kappa shape index (κ3) is 3.10. The molecule has 1 unspecified atom stereocenters. The van der Waals surface area contributed by atoms with E-state index in [1.807, 2.05) is 13.8 Å². The maximum Gasteiger partial charge on any atom is 0.198 e. The Hall–Kier alpha value is -0.380. The Morgan fingerprint density at radius 3 is 2.92 bits per heavy atom. The van der Waals surface area contributed by atoms with Crippen LogP contribution in [0.25, 0.3) is 0 Å². The number of rotatable bonds is 4. The first-order valence-corrected chi connectivity index (χ1v) is 5.27. The summed E-state index contributed by atoms with van der Waals surface area (Å²) >= 11 is 3.44. The Kier molecular flexibility index (Phi) is 3.47. The largest absolute Gasteiger partial charge is 0.478 e. The summed E-state index contributed by atoms with van der Waals surface area (Å²) in [5.41, 5.74) is -0.109. The van der Waals surface area contributed by atoms with E-state index >= 15 is 0 Å². The second-order valence-corrected chi connectivity index (χ2v) is 4.87. The van der Waals surface area contributed by atoms with Gasteiger partial charge in [-0.1, -0.05) is 15.9 Å². The van der Waals surface area contributed by atoms with E-state index in [4.69, 9.17) is 4.74 Å². The van der Waals surface area contributed by atoms with E-state index in [9.17, 15) is 4.79 Å². The van der Waals surface area contributed by atoms with E-state index in [2.05, 4.69) is 20.9 Å². The standard InChI is InChI=1S/C9H14BrNO2/c1-9(2)6-13-8(11-9)7(10)4-3-5-12/h5,7H,3-4,6H2,1-2H3. The molecule has 1 rings (SSSR count). The number of nitrogens with zero attached hydrogens (tertiary/aromatic N) is 1. The van der Waals surface area contributed by atoms with Crippen LogP contribution in [0, 0.1) is 0 Å². The minimum absolute atomic E-state index is 0.0828. The summed E-state index contributed by atoms with van der Waals surface area (Å²) in [6, 6.07) is 0. The molecule has 0 saturated heterocycles. The molecular weight excluding hydrogens is 234 g/mol. The van der Waals surface area contributed by atoms with E-state index < -0.39 is 0 Å². The van der Waals surface area contributed by atoms with E-state index in [1.165, 1.54) is 0 Å². The Balaban J connectivity index is 2.48. The van der Waals surface area contributed by atoms with Crippen LogP contribution < -0.4 is 0 Å². The van der Waals surface area contributed by atoms with Gasteiger partial charge in [-0.2, -0.15) is 0 Å². The van der Waals surface area contributed by atoms with Crippen LogP contribution >= 0.6 is 15.9 Å². The molecule has 1 aliphatic heterocycles. The van der Waals surface area contributed by atoms with Crippen molar-refractivity contribution in [1.29, 1.82) is 0 Å². The highest BCUT2D eigenvalue weighted by atomic mass is 79.9. The smallest absolute Gasteiger partial charge is 0.198 e. The van der Waals surface area contributed by atoms with Gasteiger partial charge in [0, 0.05) is 6.42 Å². The molecule has 0 aliphatic carbocycles. The molecule has 0 aromatic heterocycles. The van der Waals surface area contributed by atoms with E-state index in [-0.39, 0.29) is 10.4 Å². The van der Waals surface area contributed by atoms with Crippen molar-refractivity contribution < 1.29 is 9.53 Å². The van der Waals surface area contributed by atoms with E-state index in [1.54, 1.807) is 0 Å². The fraction of sp³-hybridized carbons (Fsp3) is 0.778. The lowest BCUT2D eigenvalue weighted by Gasteiger charge is -2.07. The maximum absolute atomic E-state index is 10.2. The molecule has 4 heteroatoms. The number of alkyl halides is 1. The van der Waals surface area contributed by atoms with Crippen molar-refractivity contribution in [3.05, 3.63) is 0 Å². The molecule has 13 heavy (non-hydrogen) atoms. The molecule has 0 fully saturated rings. The lowest BCUT2D eigenvalue weighted by atomic mass is 10.1. The fourth-order valence-electron chi connectivity index (χ4n) is 1.11. The Labute approximate surface area is 86.7 Å². The van der Waals surface area contributed by atoms with Crippen LogP contribution in [0.3, 0.4) is 0 Å². The molecule has 74 valence electrons. The zero-order valence-corrected chi connectivity index (χ0v) is 9.50. The first kappa shape index (κ1) is 10.7. The van der Waals surface area contributed by atoms with Crippen molar-refractivity contribution in [3.63, 3.8) is 0 Å². The second-order valence-electron chi connectivity index (χ2n) is 3.76. The molecule has 0 bridgehead atoms. The van der Waals surface area contributed by atoms with Crippen LogP contribution in [0.1, 0.15) is 26.7 Å². The lowest BCUT2D eigenvalue weighted by Crippen LogP contribution is -2.17. The normalized spacial score (nSPS) is 21.9. The molecule has 0 aromatic rings. The summed E-state index contributed by atoms with van der Waals surface area (Å²) in [6.07, 6.45) is 2.20. The predicted molar refractivity (Wildman–Crippen MR) is 55.5 cm³/mol. The van der Waals surface area contributed by atoms with Crippen molar-refractivity contribution in [2.75, 3.05) is 6.61 Å². The van der Waals surface area contributed by atoms with Crippen LogP contribution in [0.2, 0.25) is 0 Å². The fourth-order valence-corrected chi connectivity index (χ4v) is 1.61. The molecule has 0 radical (unpaired) electrons. The quantitative estimate of drug-likeness (QED) is 0.563. The van der Waals surface area contributed by atoms with Crippen molar-refractivity contribution in [2.24, 2.45) is 4.99 Å². The first-order valence-electron chi connectivity index (χ1n) is 4.35. The lowest BCUT2D eigenvalue weighted by molar-refractivity contribution is -0.107. The summed E-state index contributed by atoms with van der Waals surface area (Å²) in [5, 5.41) is 0. The van der Waals surface area contributed by atoms with E-state index in [0.717, 1.165) is 18.6 Å². The molecule has 0 aromatic carbocycles. The Morgan fingerprint density at radius 1 is 1.77 bits per heavy atom. The van der Waals surface area contributed by atoms with Gasteiger partial charge in [0.05, 0.1) is 10.4 Å². The summed E-state index contributed by atoms with van der Waals surface area (Å²) in [4.78, 5) is 14.6. The number of halogens is 1. The van der Waals surface area contributed by atoms with Crippen molar-refractivity contribution in [3.8, 4) is 0 Å². The number of aldehydes is 1. The van der Waals surface area contributed by atoms with Gasteiger partial charge in [-0.3, -0.25) is 0 Å². The molecule has 1 atom stereocenters. The van der Waals surface area contributed by atoms with Gasteiger partial charge in [0.25, 0.3) is 0 Å².